The number of carbonyl (C=O) groups excluding carboxylic acids is 1. The first-order valence-corrected chi connectivity index (χ1v) is 4.83. The molecule has 1 fully saturated rings. The van der Waals surface area contributed by atoms with Crippen LogP contribution in [-0.4, -0.2) is 34.5 Å². The van der Waals surface area contributed by atoms with E-state index in [1.165, 1.54) is 0 Å². The van der Waals surface area contributed by atoms with Gasteiger partial charge in [0.2, 0.25) is 5.91 Å². The number of hydrogen-bond acceptors (Lipinski definition) is 2. The molecule has 1 aliphatic heterocycles. The standard InChI is InChI=1S/C10H15NO3/c1-8-4-2-3-7-11(8)9(12)5-6-10(13)14/h5-6,8H,2-4,7H2,1H3,(H,13,14). The van der Waals surface area contributed by atoms with Crippen molar-refractivity contribution in [2.24, 2.45) is 0 Å². The number of hydrogen-bond donors (Lipinski definition) is 1. The molecule has 1 amide bonds. The first-order valence-electron chi connectivity index (χ1n) is 4.83. The molecule has 0 radical (unpaired) electrons. The summed E-state index contributed by atoms with van der Waals surface area (Å²) >= 11 is 0. The highest BCUT2D eigenvalue weighted by Crippen LogP contribution is 2.16. The fourth-order valence-corrected chi connectivity index (χ4v) is 1.66. The Morgan fingerprint density at radius 3 is 2.64 bits per heavy atom. The molecule has 0 spiro atoms. The van der Waals surface area contributed by atoms with Gasteiger partial charge in [0.25, 0.3) is 0 Å². The van der Waals surface area contributed by atoms with E-state index >= 15 is 0 Å². The Morgan fingerprint density at radius 1 is 1.36 bits per heavy atom. The predicted octanol–water partition coefficient (Wildman–Crippen LogP) is 1.03. The fourth-order valence-electron chi connectivity index (χ4n) is 1.66. The summed E-state index contributed by atoms with van der Waals surface area (Å²) in [4.78, 5) is 23.4. The third kappa shape index (κ3) is 2.87. The Hall–Kier alpha value is -1.32. The van der Waals surface area contributed by atoms with E-state index in [0.717, 1.165) is 38.0 Å². The van der Waals surface area contributed by atoms with Crippen molar-refractivity contribution in [3.05, 3.63) is 12.2 Å². The minimum absolute atomic E-state index is 0.195. The van der Waals surface area contributed by atoms with E-state index in [0.29, 0.717) is 0 Å². The number of carboxylic acid groups (broad SMARTS) is 1. The van der Waals surface area contributed by atoms with Crippen molar-refractivity contribution >= 4 is 11.9 Å². The van der Waals surface area contributed by atoms with E-state index in [1.807, 2.05) is 6.92 Å². The van der Waals surface area contributed by atoms with E-state index < -0.39 is 5.97 Å². The number of aliphatic carboxylic acids is 1. The molecular formula is C10H15NO3. The summed E-state index contributed by atoms with van der Waals surface area (Å²) in [6.07, 6.45) is 5.19. The van der Waals surface area contributed by atoms with Gasteiger partial charge in [-0.25, -0.2) is 4.79 Å². The summed E-state index contributed by atoms with van der Waals surface area (Å²) in [5.41, 5.74) is 0. The molecule has 0 aromatic carbocycles. The number of carboxylic acids is 1. The lowest BCUT2D eigenvalue weighted by Gasteiger charge is -2.32. The zero-order valence-corrected chi connectivity index (χ0v) is 8.27. The first-order chi connectivity index (χ1) is 6.61. The highest BCUT2D eigenvalue weighted by atomic mass is 16.4. The third-order valence-corrected chi connectivity index (χ3v) is 2.45. The van der Waals surface area contributed by atoms with Crippen molar-refractivity contribution in [3.8, 4) is 0 Å². The molecule has 1 atom stereocenters. The maximum atomic E-state index is 11.5. The summed E-state index contributed by atoms with van der Waals surface area (Å²) in [5, 5.41) is 8.37. The topological polar surface area (TPSA) is 57.6 Å². The normalized spacial score (nSPS) is 22.6. The van der Waals surface area contributed by atoms with Crippen molar-refractivity contribution in [1.82, 2.24) is 4.90 Å². The molecule has 0 aromatic rings. The van der Waals surface area contributed by atoms with Gasteiger partial charge in [0.05, 0.1) is 0 Å². The SMILES string of the molecule is CC1CCCCN1C(=O)C=CC(=O)O. The summed E-state index contributed by atoms with van der Waals surface area (Å²) < 4.78 is 0. The second-order valence-corrected chi connectivity index (χ2v) is 3.55. The van der Waals surface area contributed by atoms with Gasteiger partial charge >= 0.3 is 5.97 Å². The van der Waals surface area contributed by atoms with Crippen LogP contribution in [0, 0.1) is 0 Å². The van der Waals surface area contributed by atoms with E-state index in [2.05, 4.69) is 0 Å². The molecule has 1 heterocycles. The zero-order chi connectivity index (χ0) is 10.6. The summed E-state index contributed by atoms with van der Waals surface area (Å²) in [6.45, 7) is 2.73. The molecule has 1 rings (SSSR count). The van der Waals surface area contributed by atoms with Gasteiger partial charge < -0.3 is 10.0 Å². The lowest BCUT2D eigenvalue weighted by molar-refractivity contribution is -0.133. The van der Waals surface area contributed by atoms with Crippen molar-refractivity contribution in [2.75, 3.05) is 6.54 Å². The number of likely N-dealkylation sites (tertiary alicyclic amines) is 1. The van der Waals surface area contributed by atoms with Crippen LogP contribution >= 0.6 is 0 Å². The molecule has 0 aromatic heterocycles. The van der Waals surface area contributed by atoms with Crippen LogP contribution in [0.4, 0.5) is 0 Å². The molecule has 1 saturated heterocycles. The predicted molar refractivity (Wildman–Crippen MR) is 51.8 cm³/mol. The molecule has 0 bridgehead atoms. The Labute approximate surface area is 83.2 Å². The van der Waals surface area contributed by atoms with Gasteiger partial charge in [-0.05, 0) is 26.2 Å². The van der Waals surface area contributed by atoms with Crippen LogP contribution in [0.15, 0.2) is 12.2 Å². The first kappa shape index (κ1) is 10.8. The van der Waals surface area contributed by atoms with Gasteiger partial charge in [0.15, 0.2) is 0 Å². The number of rotatable bonds is 2. The lowest BCUT2D eigenvalue weighted by atomic mass is 10.0. The smallest absolute Gasteiger partial charge is 0.328 e. The number of carbonyl (C=O) groups is 2. The van der Waals surface area contributed by atoms with E-state index in [1.54, 1.807) is 4.90 Å². The average Bonchev–Trinajstić information content (AvgIpc) is 2.15. The van der Waals surface area contributed by atoms with Crippen molar-refractivity contribution in [1.29, 1.82) is 0 Å². The van der Waals surface area contributed by atoms with E-state index in [-0.39, 0.29) is 11.9 Å². The van der Waals surface area contributed by atoms with Crippen molar-refractivity contribution < 1.29 is 14.7 Å². The van der Waals surface area contributed by atoms with Crippen LogP contribution in [0.1, 0.15) is 26.2 Å². The summed E-state index contributed by atoms with van der Waals surface area (Å²) in [6, 6.07) is 0.231. The maximum Gasteiger partial charge on any atom is 0.328 e. The second kappa shape index (κ2) is 4.79. The van der Waals surface area contributed by atoms with Gasteiger partial charge in [-0.2, -0.15) is 0 Å². The van der Waals surface area contributed by atoms with E-state index in [4.69, 9.17) is 5.11 Å². The molecule has 4 heteroatoms. The van der Waals surface area contributed by atoms with Crippen molar-refractivity contribution in [3.63, 3.8) is 0 Å². The summed E-state index contributed by atoms with van der Waals surface area (Å²) in [7, 11) is 0. The molecule has 1 N–H and O–H groups in total. The fraction of sp³-hybridized carbons (Fsp3) is 0.600. The Balaban J connectivity index is 2.54. The highest BCUT2D eigenvalue weighted by Gasteiger charge is 2.21. The zero-order valence-electron chi connectivity index (χ0n) is 8.27. The Bertz CT molecular complexity index is 260. The number of amides is 1. The van der Waals surface area contributed by atoms with E-state index in [9.17, 15) is 9.59 Å². The van der Waals surface area contributed by atoms with Gasteiger partial charge in [0, 0.05) is 24.7 Å². The molecule has 1 aliphatic rings. The van der Waals surface area contributed by atoms with Crippen LogP contribution in [0.3, 0.4) is 0 Å². The van der Waals surface area contributed by atoms with Crippen LogP contribution < -0.4 is 0 Å². The Kier molecular flexibility index (Phi) is 3.68. The molecule has 14 heavy (non-hydrogen) atoms. The molecule has 0 aliphatic carbocycles. The molecular weight excluding hydrogens is 182 g/mol. The molecule has 78 valence electrons. The third-order valence-electron chi connectivity index (χ3n) is 2.45. The number of nitrogens with zero attached hydrogens (tertiary/aromatic N) is 1. The average molecular weight is 197 g/mol. The highest BCUT2D eigenvalue weighted by molar-refractivity contribution is 5.94. The van der Waals surface area contributed by atoms with Gasteiger partial charge in [0.1, 0.15) is 0 Å². The molecule has 0 saturated carbocycles. The maximum absolute atomic E-state index is 11.5. The largest absolute Gasteiger partial charge is 0.478 e. The summed E-state index contributed by atoms with van der Waals surface area (Å²) in [5.74, 6) is -1.28. The lowest BCUT2D eigenvalue weighted by Crippen LogP contribution is -2.41. The Morgan fingerprint density at radius 2 is 2.07 bits per heavy atom. The molecule has 4 nitrogen and oxygen atoms in total. The van der Waals surface area contributed by atoms with Gasteiger partial charge in [-0.1, -0.05) is 0 Å². The van der Waals surface area contributed by atoms with Gasteiger partial charge in [-0.15, -0.1) is 0 Å². The van der Waals surface area contributed by atoms with Crippen LogP contribution in [0.5, 0.6) is 0 Å². The minimum Gasteiger partial charge on any atom is -0.478 e. The quantitative estimate of drug-likeness (QED) is 0.672. The van der Waals surface area contributed by atoms with Crippen LogP contribution in [0.2, 0.25) is 0 Å². The van der Waals surface area contributed by atoms with Crippen LogP contribution in [-0.2, 0) is 9.59 Å². The second-order valence-electron chi connectivity index (χ2n) is 3.55. The monoisotopic (exact) mass is 197 g/mol. The van der Waals surface area contributed by atoms with Crippen LogP contribution in [0.25, 0.3) is 0 Å². The number of piperidine rings is 1. The minimum atomic E-state index is -1.08. The molecule has 1 unspecified atom stereocenters. The van der Waals surface area contributed by atoms with Gasteiger partial charge in [-0.3, -0.25) is 4.79 Å². The van der Waals surface area contributed by atoms with Crippen molar-refractivity contribution in [2.45, 2.75) is 32.2 Å².